The molecule has 2 aliphatic rings. The number of β-amino-alcohol motifs (C(OH)–C–C–N with tert-alkyl or cyclic N) is 1. The summed E-state index contributed by atoms with van der Waals surface area (Å²) >= 11 is 0. The number of amides is 2. The van der Waals surface area contributed by atoms with Crippen LogP contribution in [-0.4, -0.2) is 64.1 Å². The van der Waals surface area contributed by atoms with Crippen molar-refractivity contribution in [1.82, 2.24) is 14.4 Å². The van der Waals surface area contributed by atoms with E-state index >= 15 is 0 Å². The van der Waals surface area contributed by atoms with E-state index in [1.54, 1.807) is 4.90 Å². The zero-order chi connectivity index (χ0) is 16.4. The van der Waals surface area contributed by atoms with Crippen LogP contribution in [0.25, 0.3) is 0 Å². The van der Waals surface area contributed by atoms with E-state index in [2.05, 4.69) is 0 Å². The number of aromatic nitrogens is 1. The SMILES string of the molecule is Cn1cccc1C(=O)N1CCCC2(CCC(=O)N(CCO)C2)C1. The second kappa shape index (κ2) is 6.35. The number of nitrogens with zero attached hydrogens (tertiary/aromatic N) is 3. The van der Waals surface area contributed by atoms with Gasteiger partial charge >= 0.3 is 0 Å². The fraction of sp³-hybridized carbons (Fsp3) is 0.647. The molecule has 1 unspecified atom stereocenters. The molecule has 0 aromatic carbocycles. The Morgan fingerprint density at radius 3 is 2.87 bits per heavy atom. The predicted octanol–water partition coefficient (Wildman–Crippen LogP) is 0.862. The number of carbonyl (C=O) groups is 2. The van der Waals surface area contributed by atoms with Gasteiger partial charge in [0.15, 0.2) is 0 Å². The van der Waals surface area contributed by atoms with Crippen LogP contribution in [0.3, 0.4) is 0 Å². The minimum atomic E-state index is -0.0118. The molecule has 6 heteroatoms. The summed E-state index contributed by atoms with van der Waals surface area (Å²) in [5, 5.41) is 9.16. The predicted molar refractivity (Wildman–Crippen MR) is 85.9 cm³/mol. The Labute approximate surface area is 136 Å². The molecule has 3 heterocycles. The second-order valence-corrected chi connectivity index (χ2v) is 6.87. The highest BCUT2D eigenvalue weighted by Crippen LogP contribution is 2.39. The minimum absolute atomic E-state index is 0.00614. The molecule has 2 aliphatic heterocycles. The Morgan fingerprint density at radius 1 is 1.35 bits per heavy atom. The molecule has 0 radical (unpaired) electrons. The van der Waals surface area contributed by atoms with E-state index in [0.29, 0.717) is 31.7 Å². The lowest BCUT2D eigenvalue weighted by atomic mass is 9.73. The molecule has 2 amide bonds. The number of rotatable bonds is 3. The van der Waals surface area contributed by atoms with Crippen molar-refractivity contribution in [2.45, 2.75) is 25.7 Å². The van der Waals surface area contributed by atoms with Crippen molar-refractivity contribution in [1.29, 1.82) is 0 Å². The Balaban J connectivity index is 1.74. The van der Waals surface area contributed by atoms with Gasteiger partial charge in [0, 0.05) is 51.3 Å². The number of likely N-dealkylation sites (tertiary alicyclic amines) is 2. The molecule has 1 N–H and O–H groups in total. The van der Waals surface area contributed by atoms with Gasteiger partial charge in [-0.3, -0.25) is 9.59 Å². The van der Waals surface area contributed by atoms with Crippen LogP contribution in [0.4, 0.5) is 0 Å². The van der Waals surface area contributed by atoms with Crippen molar-refractivity contribution in [3.8, 4) is 0 Å². The number of piperidine rings is 2. The average molecular weight is 319 g/mol. The molecule has 6 nitrogen and oxygen atoms in total. The number of aliphatic hydroxyl groups excluding tert-OH is 1. The van der Waals surface area contributed by atoms with Gasteiger partial charge in [-0.25, -0.2) is 0 Å². The second-order valence-electron chi connectivity index (χ2n) is 6.87. The van der Waals surface area contributed by atoms with Gasteiger partial charge in [0.2, 0.25) is 5.91 Å². The Morgan fingerprint density at radius 2 is 2.17 bits per heavy atom. The van der Waals surface area contributed by atoms with Crippen LogP contribution in [0.5, 0.6) is 0 Å². The third-order valence-corrected chi connectivity index (χ3v) is 5.23. The van der Waals surface area contributed by atoms with E-state index in [0.717, 1.165) is 25.8 Å². The van der Waals surface area contributed by atoms with Crippen molar-refractivity contribution in [3.63, 3.8) is 0 Å². The van der Waals surface area contributed by atoms with Gasteiger partial charge < -0.3 is 19.5 Å². The van der Waals surface area contributed by atoms with Crippen LogP contribution >= 0.6 is 0 Å². The quantitative estimate of drug-likeness (QED) is 0.899. The molecule has 126 valence electrons. The van der Waals surface area contributed by atoms with Crippen molar-refractivity contribution in [2.75, 3.05) is 32.8 Å². The first-order valence-corrected chi connectivity index (χ1v) is 8.34. The molecular formula is C17H25N3O3. The Hall–Kier alpha value is -1.82. The van der Waals surface area contributed by atoms with Gasteiger partial charge in [-0.05, 0) is 31.4 Å². The maximum Gasteiger partial charge on any atom is 0.270 e. The van der Waals surface area contributed by atoms with Crippen LogP contribution in [0, 0.1) is 5.41 Å². The summed E-state index contributed by atoms with van der Waals surface area (Å²) in [7, 11) is 1.88. The first kappa shape index (κ1) is 16.1. The number of carbonyl (C=O) groups excluding carboxylic acids is 2. The largest absolute Gasteiger partial charge is 0.395 e. The molecule has 2 fully saturated rings. The maximum atomic E-state index is 12.8. The van der Waals surface area contributed by atoms with E-state index in [1.165, 1.54) is 0 Å². The zero-order valence-corrected chi connectivity index (χ0v) is 13.7. The maximum absolute atomic E-state index is 12.8. The summed E-state index contributed by atoms with van der Waals surface area (Å²) in [6, 6.07) is 3.74. The topological polar surface area (TPSA) is 65.8 Å². The van der Waals surface area contributed by atoms with Gasteiger partial charge in [-0.1, -0.05) is 0 Å². The van der Waals surface area contributed by atoms with E-state index in [-0.39, 0.29) is 23.8 Å². The van der Waals surface area contributed by atoms with Gasteiger partial charge in [0.1, 0.15) is 5.69 Å². The molecule has 0 aliphatic carbocycles. The smallest absolute Gasteiger partial charge is 0.270 e. The summed E-state index contributed by atoms with van der Waals surface area (Å²) in [4.78, 5) is 28.5. The van der Waals surface area contributed by atoms with E-state index in [9.17, 15) is 9.59 Å². The van der Waals surface area contributed by atoms with Crippen LogP contribution in [-0.2, 0) is 11.8 Å². The van der Waals surface area contributed by atoms with E-state index in [4.69, 9.17) is 5.11 Å². The molecule has 0 saturated carbocycles. The normalized spacial score (nSPS) is 25.2. The van der Waals surface area contributed by atoms with Crippen LogP contribution in [0.2, 0.25) is 0 Å². The molecular weight excluding hydrogens is 294 g/mol. The van der Waals surface area contributed by atoms with Crippen molar-refractivity contribution < 1.29 is 14.7 Å². The highest BCUT2D eigenvalue weighted by molar-refractivity contribution is 5.92. The van der Waals surface area contributed by atoms with Crippen molar-refractivity contribution >= 4 is 11.8 Å². The molecule has 1 aromatic rings. The molecule has 1 aromatic heterocycles. The molecule has 2 saturated heterocycles. The minimum Gasteiger partial charge on any atom is -0.395 e. The monoisotopic (exact) mass is 319 g/mol. The number of aryl methyl sites for hydroxylation is 1. The summed E-state index contributed by atoms with van der Waals surface area (Å²) in [5.41, 5.74) is 0.698. The van der Waals surface area contributed by atoms with Crippen LogP contribution in [0.1, 0.15) is 36.2 Å². The third kappa shape index (κ3) is 3.13. The zero-order valence-electron chi connectivity index (χ0n) is 13.7. The van der Waals surface area contributed by atoms with Crippen molar-refractivity contribution in [3.05, 3.63) is 24.0 Å². The lowest BCUT2D eigenvalue weighted by molar-refractivity contribution is -0.139. The van der Waals surface area contributed by atoms with E-state index < -0.39 is 0 Å². The van der Waals surface area contributed by atoms with Gasteiger partial charge in [0.05, 0.1) is 6.61 Å². The van der Waals surface area contributed by atoms with Gasteiger partial charge in [-0.2, -0.15) is 0 Å². The van der Waals surface area contributed by atoms with Crippen LogP contribution < -0.4 is 0 Å². The highest BCUT2D eigenvalue weighted by Gasteiger charge is 2.42. The first-order chi connectivity index (χ1) is 11.0. The van der Waals surface area contributed by atoms with Crippen LogP contribution in [0.15, 0.2) is 18.3 Å². The number of hydrogen-bond acceptors (Lipinski definition) is 3. The van der Waals surface area contributed by atoms with Gasteiger partial charge in [0.25, 0.3) is 5.91 Å². The lowest BCUT2D eigenvalue weighted by Crippen LogP contribution is -2.55. The van der Waals surface area contributed by atoms with Crippen molar-refractivity contribution in [2.24, 2.45) is 12.5 Å². The number of aliphatic hydroxyl groups is 1. The first-order valence-electron chi connectivity index (χ1n) is 8.34. The molecule has 23 heavy (non-hydrogen) atoms. The molecule has 3 rings (SSSR count). The third-order valence-electron chi connectivity index (χ3n) is 5.23. The summed E-state index contributed by atoms with van der Waals surface area (Å²) in [6.45, 7) is 2.52. The molecule has 0 bridgehead atoms. The number of hydrogen-bond donors (Lipinski definition) is 1. The fourth-order valence-electron chi connectivity index (χ4n) is 3.99. The Bertz CT molecular complexity index is 598. The molecule has 1 spiro atoms. The van der Waals surface area contributed by atoms with E-state index in [1.807, 2.05) is 34.8 Å². The summed E-state index contributed by atoms with van der Waals surface area (Å²) in [5.74, 6) is 0.192. The highest BCUT2D eigenvalue weighted by atomic mass is 16.3. The summed E-state index contributed by atoms with van der Waals surface area (Å²) in [6.07, 6.45) is 5.25. The summed E-state index contributed by atoms with van der Waals surface area (Å²) < 4.78 is 1.85. The Kier molecular flexibility index (Phi) is 4.43. The van der Waals surface area contributed by atoms with Gasteiger partial charge in [-0.15, -0.1) is 0 Å². The fourth-order valence-corrected chi connectivity index (χ4v) is 3.99. The average Bonchev–Trinajstić information content (AvgIpc) is 2.97. The molecule has 1 atom stereocenters. The lowest BCUT2D eigenvalue weighted by Gasteiger charge is -2.48. The standard InChI is InChI=1S/C17H25N3O3/c1-18-8-2-4-14(18)16(23)20-9-3-6-17(13-20)7-5-15(22)19(12-17)10-11-21/h2,4,8,21H,3,5-7,9-13H2,1H3.